The molecule has 30 heavy (non-hydrogen) atoms. The van der Waals surface area contributed by atoms with Gasteiger partial charge < -0.3 is 20.7 Å². The summed E-state index contributed by atoms with van der Waals surface area (Å²) in [5.41, 5.74) is 1.30. The topological polar surface area (TPSA) is 74.8 Å². The van der Waals surface area contributed by atoms with Crippen molar-refractivity contribution in [2.75, 3.05) is 33.3 Å². The Hall–Kier alpha value is -1.81. The number of hydrogen-bond acceptors (Lipinski definition) is 4. The molecular formula is C22H33IN4O2S. The molecule has 0 saturated carbocycles. The first-order chi connectivity index (χ1) is 14.1. The molecule has 8 heteroatoms. The summed E-state index contributed by atoms with van der Waals surface area (Å²) < 4.78 is 5.22. The van der Waals surface area contributed by atoms with Gasteiger partial charge in [0.05, 0.1) is 12.0 Å². The molecule has 0 radical (unpaired) electrons. The van der Waals surface area contributed by atoms with Crippen LogP contribution in [0.1, 0.15) is 47.8 Å². The minimum absolute atomic E-state index is 0. The number of halogens is 1. The first kappa shape index (κ1) is 26.2. The van der Waals surface area contributed by atoms with Crippen LogP contribution in [0.2, 0.25) is 0 Å². The van der Waals surface area contributed by atoms with Crippen molar-refractivity contribution in [1.29, 1.82) is 0 Å². The number of nitrogens with zero attached hydrogens (tertiary/aromatic N) is 1. The number of amides is 1. The number of guanidine groups is 1. The molecule has 2 aromatic rings. The lowest BCUT2D eigenvalue weighted by Crippen LogP contribution is -2.38. The Labute approximate surface area is 200 Å². The summed E-state index contributed by atoms with van der Waals surface area (Å²) in [4.78, 5) is 17.2. The Balaban J connectivity index is 0.00000450. The summed E-state index contributed by atoms with van der Waals surface area (Å²) in [7, 11) is 1.68. The number of carbonyl (C=O) groups excluding carboxylic acids is 1. The Kier molecular flexibility index (Phi) is 13.2. The number of methoxy groups -OCH3 is 1. The third-order valence-corrected chi connectivity index (χ3v) is 5.40. The number of thiophene rings is 1. The molecule has 1 atom stereocenters. The van der Waals surface area contributed by atoms with Crippen molar-refractivity contribution in [3.63, 3.8) is 0 Å². The average Bonchev–Trinajstić information content (AvgIpc) is 3.28. The van der Waals surface area contributed by atoms with Crippen molar-refractivity contribution in [3.8, 4) is 5.75 Å². The van der Waals surface area contributed by atoms with Crippen LogP contribution in [-0.2, 0) is 0 Å². The van der Waals surface area contributed by atoms with Gasteiger partial charge in [-0.25, -0.2) is 0 Å². The molecule has 166 valence electrons. The fraction of sp³-hybridized carbons (Fsp3) is 0.455. The predicted molar refractivity (Wildman–Crippen MR) is 137 cm³/mol. The highest BCUT2D eigenvalue weighted by atomic mass is 127. The highest BCUT2D eigenvalue weighted by Crippen LogP contribution is 2.21. The summed E-state index contributed by atoms with van der Waals surface area (Å²) >= 11 is 1.45. The van der Waals surface area contributed by atoms with Gasteiger partial charge >= 0.3 is 0 Å². The molecule has 0 saturated heterocycles. The van der Waals surface area contributed by atoms with Crippen molar-refractivity contribution < 1.29 is 9.53 Å². The second-order valence-corrected chi connectivity index (χ2v) is 7.68. The highest BCUT2D eigenvalue weighted by Gasteiger charge is 2.07. The maximum Gasteiger partial charge on any atom is 0.261 e. The zero-order valence-corrected chi connectivity index (χ0v) is 21.1. The maximum atomic E-state index is 11.9. The third kappa shape index (κ3) is 9.34. The molecular weight excluding hydrogens is 511 g/mol. The lowest BCUT2D eigenvalue weighted by atomic mass is 9.98. The van der Waals surface area contributed by atoms with Gasteiger partial charge in [0.2, 0.25) is 0 Å². The first-order valence-electron chi connectivity index (χ1n) is 10.1. The first-order valence-corrected chi connectivity index (χ1v) is 11.0. The molecule has 0 fully saturated rings. The van der Waals surface area contributed by atoms with E-state index >= 15 is 0 Å². The number of carbonyl (C=O) groups is 1. The largest absolute Gasteiger partial charge is 0.497 e. The lowest BCUT2D eigenvalue weighted by Gasteiger charge is -2.15. The number of ether oxygens (including phenoxy) is 1. The number of rotatable bonds is 11. The van der Waals surface area contributed by atoms with E-state index in [1.165, 1.54) is 16.9 Å². The van der Waals surface area contributed by atoms with Gasteiger partial charge in [0.1, 0.15) is 5.75 Å². The minimum atomic E-state index is -0.0125. The number of hydrogen-bond donors (Lipinski definition) is 3. The smallest absolute Gasteiger partial charge is 0.261 e. The molecule has 1 aromatic heterocycles. The van der Waals surface area contributed by atoms with Crippen LogP contribution in [0, 0.1) is 0 Å². The second-order valence-electron chi connectivity index (χ2n) is 6.74. The molecule has 1 amide bonds. The van der Waals surface area contributed by atoms with Crippen LogP contribution in [0.25, 0.3) is 0 Å². The van der Waals surface area contributed by atoms with Gasteiger partial charge in [-0.3, -0.25) is 9.79 Å². The third-order valence-electron chi connectivity index (χ3n) is 4.53. The van der Waals surface area contributed by atoms with Crippen LogP contribution in [0.5, 0.6) is 5.75 Å². The van der Waals surface area contributed by atoms with E-state index in [0.717, 1.165) is 42.5 Å². The summed E-state index contributed by atoms with van der Waals surface area (Å²) in [5, 5.41) is 11.5. The van der Waals surface area contributed by atoms with Gasteiger partial charge in [0.25, 0.3) is 5.91 Å². The minimum Gasteiger partial charge on any atom is -0.497 e. The van der Waals surface area contributed by atoms with Gasteiger partial charge in [0, 0.05) is 26.2 Å². The maximum absolute atomic E-state index is 11.9. The summed E-state index contributed by atoms with van der Waals surface area (Å²) in [5.74, 6) is 2.14. The van der Waals surface area contributed by atoms with E-state index < -0.39 is 0 Å². The molecule has 2 rings (SSSR count). The quantitative estimate of drug-likeness (QED) is 0.171. The summed E-state index contributed by atoms with van der Waals surface area (Å²) in [6.07, 6.45) is 1.81. The van der Waals surface area contributed by atoms with Crippen LogP contribution >= 0.6 is 35.3 Å². The van der Waals surface area contributed by atoms with Crippen LogP contribution in [0.4, 0.5) is 0 Å². The number of nitrogens with one attached hydrogen (secondary N) is 3. The van der Waals surface area contributed by atoms with Crippen molar-refractivity contribution in [1.82, 2.24) is 16.0 Å². The molecule has 1 aromatic carbocycles. The van der Waals surface area contributed by atoms with E-state index in [-0.39, 0.29) is 29.9 Å². The molecule has 3 N–H and O–H groups in total. The standard InChI is InChI=1S/C22H32N4O2S.HI/c1-4-23-22(25-14-6-13-24-21(27)20-7-5-16-29-20)26-15-12-17(2)18-8-10-19(28-3)11-9-18;/h5,7-11,16-17H,4,6,12-15H2,1-3H3,(H,24,27)(H2,23,25,26);1H. The van der Waals surface area contributed by atoms with Gasteiger partial charge in [-0.1, -0.05) is 25.1 Å². The molecule has 0 bridgehead atoms. The second kappa shape index (κ2) is 15.1. The normalized spacial score (nSPS) is 11.9. The molecule has 6 nitrogen and oxygen atoms in total. The van der Waals surface area contributed by atoms with Crippen LogP contribution in [0.3, 0.4) is 0 Å². The number of benzene rings is 1. The SMILES string of the molecule is CCNC(=NCCCNC(=O)c1cccs1)NCCC(C)c1ccc(OC)cc1.I. The van der Waals surface area contributed by atoms with Crippen LogP contribution < -0.4 is 20.7 Å². The van der Waals surface area contributed by atoms with E-state index in [1.807, 2.05) is 29.6 Å². The van der Waals surface area contributed by atoms with Crippen molar-refractivity contribution in [3.05, 3.63) is 52.2 Å². The Morgan fingerprint density at radius 3 is 2.53 bits per heavy atom. The van der Waals surface area contributed by atoms with E-state index in [0.29, 0.717) is 19.0 Å². The van der Waals surface area contributed by atoms with Crippen molar-refractivity contribution in [2.24, 2.45) is 4.99 Å². The number of aliphatic imine (C=N–C) groups is 1. The Morgan fingerprint density at radius 2 is 1.90 bits per heavy atom. The van der Waals surface area contributed by atoms with Crippen LogP contribution in [-0.4, -0.2) is 45.2 Å². The molecule has 0 aliphatic heterocycles. The average molecular weight is 545 g/mol. The zero-order valence-electron chi connectivity index (χ0n) is 17.9. The molecule has 0 spiro atoms. The fourth-order valence-corrected chi connectivity index (χ4v) is 3.45. The lowest BCUT2D eigenvalue weighted by molar-refractivity contribution is 0.0957. The fourth-order valence-electron chi connectivity index (χ4n) is 2.81. The van der Waals surface area contributed by atoms with Crippen molar-refractivity contribution in [2.45, 2.75) is 32.6 Å². The van der Waals surface area contributed by atoms with Crippen LogP contribution in [0.15, 0.2) is 46.8 Å². The van der Waals surface area contributed by atoms with E-state index in [2.05, 4.69) is 46.9 Å². The van der Waals surface area contributed by atoms with E-state index in [9.17, 15) is 4.79 Å². The van der Waals surface area contributed by atoms with Gasteiger partial charge in [-0.05, 0) is 54.8 Å². The predicted octanol–water partition coefficient (Wildman–Crippen LogP) is 4.24. The Bertz CT molecular complexity index is 751. The molecule has 0 aliphatic carbocycles. The summed E-state index contributed by atoms with van der Waals surface area (Å²) in [6, 6.07) is 12.0. The molecule has 0 aliphatic rings. The monoisotopic (exact) mass is 544 g/mol. The molecule has 1 unspecified atom stereocenters. The molecule has 1 heterocycles. The summed E-state index contributed by atoms with van der Waals surface area (Å²) in [6.45, 7) is 7.22. The van der Waals surface area contributed by atoms with Crippen molar-refractivity contribution >= 4 is 47.2 Å². The Morgan fingerprint density at radius 1 is 1.13 bits per heavy atom. The van der Waals surface area contributed by atoms with Gasteiger partial charge in [-0.15, -0.1) is 35.3 Å². The van der Waals surface area contributed by atoms with Gasteiger partial charge in [-0.2, -0.15) is 0 Å². The zero-order chi connectivity index (χ0) is 20.9. The van der Waals surface area contributed by atoms with E-state index in [1.54, 1.807) is 7.11 Å². The van der Waals surface area contributed by atoms with Gasteiger partial charge in [0.15, 0.2) is 5.96 Å². The highest BCUT2D eigenvalue weighted by molar-refractivity contribution is 14.0. The van der Waals surface area contributed by atoms with E-state index in [4.69, 9.17) is 4.74 Å².